The number of rotatable bonds is 2. The van der Waals surface area contributed by atoms with Gasteiger partial charge in [-0.3, -0.25) is 0 Å². The number of hydrogen-bond donors (Lipinski definition) is 1. The summed E-state index contributed by atoms with van der Waals surface area (Å²) >= 11 is 0. The summed E-state index contributed by atoms with van der Waals surface area (Å²) in [6.07, 6.45) is 9.05. The van der Waals surface area contributed by atoms with Gasteiger partial charge in [-0.05, 0) is 18.8 Å². The van der Waals surface area contributed by atoms with Crippen LogP contribution in [0.3, 0.4) is 0 Å². The molecule has 0 amide bonds. The van der Waals surface area contributed by atoms with Gasteiger partial charge in [0.25, 0.3) is 0 Å². The molecule has 1 aliphatic carbocycles. The van der Waals surface area contributed by atoms with E-state index in [2.05, 4.69) is 11.9 Å². The summed E-state index contributed by atoms with van der Waals surface area (Å²) in [7, 11) is 1.96. The molecule has 2 rings (SSSR count). The Hall–Kier alpha value is -0.830. The van der Waals surface area contributed by atoms with E-state index in [1.165, 1.54) is 6.42 Å². The third-order valence-corrected chi connectivity index (χ3v) is 3.74. The second-order valence-corrected chi connectivity index (χ2v) is 4.64. The zero-order valence-electron chi connectivity index (χ0n) is 9.61. The van der Waals surface area contributed by atoms with Gasteiger partial charge in [-0.25, -0.2) is 4.98 Å². The average molecular weight is 208 g/mol. The zero-order chi connectivity index (χ0) is 10.9. The molecule has 0 aliphatic heterocycles. The van der Waals surface area contributed by atoms with Crippen molar-refractivity contribution in [1.29, 1.82) is 0 Å². The van der Waals surface area contributed by atoms with Crippen LogP contribution >= 0.6 is 0 Å². The van der Waals surface area contributed by atoms with Crippen molar-refractivity contribution in [1.82, 2.24) is 9.55 Å². The van der Waals surface area contributed by atoms with E-state index in [0.29, 0.717) is 5.92 Å². The summed E-state index contributed by atoms with van der Waals surface area (Å²) in [5, 5.41) is 10.8. The van der Waals surface area contributed by atoms with Gasteiger partial charge in [0.2, 0.25) is 0 Å². The van der Waals surface area contributed by atoms with Crippen molar-refractivity contribution in [2.45, 2.75) is 44.6 Å². The highest BCUT2D eigenvalue weighted by Crippen LogP contribution is 2.42. The van der Waals surface area contributed by atoms with Crippen LogP contribution < -0.4 is 0 Å². The summed E-state index contributed by atoms with van der Waals surface area (Å²) in [6.45, 7) is 2.16. The lowest BCUT2D eigenvalue weighted by Gasteiger charge is -2.39. The van der Waals surface area contributed by atoms with E-state index in [4.69, 9.17) is 0 Å². The van der Waals surface area contributed by atoms with E-state index in [0.717, 1.165) is 31.5 Å². The van der Waals surface area contributed by atoms with Crippen molar-refractivity contribution in [3.05, 3.63) is 18.2 Å². The van der Waals surface area contributed by atoms with Gasteiger partial charge in [0.15, 0.2) is 0 Å². The molecule has 0 bridgehead atoms. The number of aromatic nitrogens is 2. The molecule has 0 saturated heterocycles. The number of nitrogens with zero attached hydrogens (tertiary/aromatic N) is 2. The topological polar surface area (TPSA) is 38.1 Å². The van der Waals surface area contributed by atoms with Gasteiger partial charge in [0.1, 0.15) is 11.4 Å². The van der Waals surface area contributed by atoms with Crippen molar-refractivity contribution >= 4 is 0 Å². The lowest BCUT2D eigenvalue weighted by molar-refractivity contribution is -0.0649. The largest absolute Gasteiger partial charge is 0.382 e. The van der Waals surface area contributed by atoms with Crippen molar-refractivity contribution in [2.75, 3.05) is 0 Å². The van der Waals surface area contributed by atoms with Gasteiger partial charge < -0.3 is 9.67 Å². The van der Waals surface area contributed by atoms with Crippen LogP contribution in [-0.2, 0) is 12.6 Å². The van der Waals surface area contributed by atoms with E-state index in [1.54, 1.807) is 6.20 Å². The maximum atomic E-state index is 10.8. The molecule has 84 valence electrons. The van der Waals surface area contributed by atoms with Gasteiger partial charge in [-0.2, -0.15) is 0 Å². The van der Waals surface area contributed by atoms with Crippen molar-refractivity contribution in [2.24, 2.45) is 13.0 Å². The maximum Gasteiger partial charge on any atom is 0.140 e. The first-order chi connectivity index (χ1) is 7.18. The standard InChI is InChI=1S/C12H20N2O/c1-3-10-6-4-5-7-12(10,15)11-13-8-9-14(11)2/h8-10,15H,3-7H2,1-2H3. The molecule has 1 aliphatic rings. The SMILES string of the molecule is CCC1CCCCC1(O)c1nccn1C. The van der Waals surface area contributed by atoms with E-state index >= 15 is 0 Å². The minimum Gasteiger partial charge on any atom is -0.382 e. The minimum atomic E-state index is -0.689. The summed E-state index contributed by atoms with van der Waals surface area (Å²) in [6, 6.07) is 0. The Bertz CT molecular complexity index is 334. The molecule has 1 fully saturated rings. The summed E-state index contributed by atoms with van der Waals surface area (Å²) < 4.78 is 1.95. The summed E-state index contributed by atoms with van der Waals surface area (Å²) in [5.41, 5.74) is -0.689. The van der Waals surface area contributed by atoms with Crippen LogP contribution in [0, 0.1) is 5.92 Å². The van der Waals surface area contributed by atoms with Crippen LogP contribution in [0.1, 0.15) is 44.9 Å². The van der Waals surface area contributed by atoms with Gasteiger partial charge in [0.05, 0.1) is 0 Å². The molecule has 1 saturated carbocycles. The lowest BCUT2D eigenvalue weighted by atomic mass is 9.73. The fourth-order valence-corrected chi connectivity index (χ4v) is 2.85. The van der Waals surface area contributed by atoms with Crippen molar-refractivity contribution in [3.63, 3.8) is 0 Å². The smallest absolute Gasteiger partial charge is 0.140 e. The highest BCUT2D eigenvalue weighted by atomic mass is 16.3. The number of aryl methyl sites for hydroxylation is 1. The second kappa shape index (κ2) is 3.97. The molecule has 0 aromatic carbocycles. The number of hydrogen-bond acceptors (Lipinski definition) is 2. The Morgan fingerprint density at radius 2 is 2.40 bits per heavy atom. The van der Waals surface area contributed by atoms with Crippen molar-refractivity contribution in [3.8, 4) is 0 Å². The number of aliphatic hydroxyl groups is 1. The van der Waals surface area contributed by atoms with Gasteiger partial charge in [0, 0.05) is 19.4 Å². The molecule has 1 N–H and O–H groups in total. The van der Waals surface area contributed by atoms with Crippen LogP contribution in [0.5, 0.6) is 0 Å². The molecule has 1 aromatic rings. The summed E-state index contributed by atoms with van der Waals surface area (Å²) in [5.74, 6) is 1.21. The number of imidazole rings is 1. The van der Waals surface area contributed by atoms with Crippen LogP contribution in [0.2, 0.25) is 0 Å². The molecule has 2 atom stereocenters. The quantitative estimate of drug-likeness (QED) is 0.809. The predicted molar refractivity (Wildman–Crippen MR) is 59.4 cm³/mol. The Labute approximate surface area is 91.1 Å². The first-order valence-electron chi connectivity index (χ1n) is 5.88. The molecule has 15 heavy (non-hydrogen) atoms. The molecule has 1 heterocycles. The van der Waals surface area contributed by atoms with E-state index in [9.17, 15) is 5.11 Å². The highest BCUT2D eigenvalue weighted by Gasteiger charge is 2.42. The second-order valence-electron chi connectivity index (χ2n) is 4.64. The Balaban J connectivity index is 2.34. The molecule has 3 nitrogen and oxygen atoms in total. The van der Waals surface area contributed by atoms with Crippen LogP contribution in [0.15, 0.2) is 12.4 Å². The van der Waals surface area contributed by atoms with E-state index in [1.807, 2.05) is 17.8 Å². The fraction of sp³-hybridized carbons (Fsp3) is 0.750. The third kappa shape index (κ3) is 1.69. The van der Waals surface area contributed by atoms with Crippen LogP contribution in [-0.4, -0.2) is 14.7 Å². The highest BCUT2D eigenvalue weighted by molar-refractivity contribution is 5.08. The van der Waals surface area contributed by atoms with Crippen LogP contribution in [0.4, 0.5) is 0 Å². The normalized spacial score (nSPS) is 31.8. The monoisotopic (exact) mass is 208 g/mol. The molecular weight excluding hydrogens is 188 g/mol. The molecule has 1 aromatic heterocycles. The minimum absolute atomic E-state index is 0.368. The average Bonchev–Trinajstić information content (AvgIpc) is 2.66. The fourth-order valence-electron chi connectivity index (χ4n) is 2.85. The predicted octanol–water partition coefficient (Wildman–Crippen LogP) is 2.21. The third-order valence-electron chi connectivity index (χ3n) is 3.74. The van der Waals surface area contributed by atoms with Gasteiger partial charge in [-0.15, -0.1) is 0 Å². The van der Waals surface area contributed by atoms with Gasteiger partial charge in [-0.1, -0.05) is 26.2 Å². The first-order valence-corrected chi connectivity index (χ1v) is 5.88. The zero-order valence-corrected chi connectivity index (χ0v) is 9.61. The Morgan fingerprint density at radius 3 is 3.00 bits per heavy atom. The van der Waals surface area contributed by atoms with E-state index in [-0.39, 0.29) is 0 Å². The molecule has 0 spiro atoms. The van der Waals surface area contributed by atoms with Crippen molar-refractivity contribution < 1.29 is 5.11 Å². The molecule has 2 unspecified atom stereocenters. The van der Waals surface area contributed by atoms with E-state index < -0.39 is 5.60 Å². The Kier molecular flexibility index (Phi) is 2.83. The molecular formula is C12H20N2O. The van der Waals surface area contributed by atoms with Gasteiger partial charge >= 0.3 is 0 Å². The molecule has 0 radical (unpaired) electrons. The maximum absolute atomic E-state index is 10.8. The lowest BCUT2D eigenvalue weighted by Crippen LogP contribution is -2.39. The molecule has 3 heteroatoms. The summed E-state index contributed by atoms with van der Waals surface area (Å²) in [4.78, 5) is 4.32. The Morgan fingerprint density at radius 1 is 1.60 bits per heavy atom. The first kappa shape index (κ1) is 10.7. The van der Waals surface area contributed by atoms with Crippen LogP contribution in [0.25, 0.3) is 0 Å².